The fraction of sp³-hybridized carbons (Fsp3) is 0.708. The molecule has 0 aromatic rings. The summed E-state index contributed by atoms with van der Waals surface area (Å²) < 4.78 is 16.8. The first kappa shape index (κ1) is 67.3. The van der Waals surface area contributed by atoms with Gasteiger partial charge in [0.1, 0.15) is 13.2 Å². The topological polar surface area (TPSA) is 78.9 Å². The lowest BCUT2D eigenvalue weighted by atomic mass is 10.0. The van der Waals surface area contributed by atoms with Gasteiger partial charge in [0, 0.05) is 19.3 Å². The Morgan fingerprint density at radius 3 is 0.944 bits per heavy atom. The van der Waals surface area contributed by atoms with Crippen LogP contribution >= 0.6 is 0 Å². The zero-order valence-corrected chi connectivity index (χ0v) is 46.5. The molecule has 406 valence electrons. The molecule has 6 nitrogen and oxygen atoms in total. The number of esters is 3. The number of hydrogen-bond acceptors (Lipinski definition) is 6. The van der Waals surface area contributed by atoms with Gasteiger partial charge in [0.15, 0.2) is 6.10 Å². The van der Waals surface area contributed by atoms with Gasteiger partial charge in [-0.15, -0.1) is 0 Å². The number of ether oxygens (including phenoxy) is 3. The van der Waals surface area contributed by atoms with E-state index in [9.17, 15) is 14.4 Å². The lowest BCUT2D eigenvalue weighted by Crippen LogP contribution is -2.30. The molecule has 0 spiro atoms. The Kier molecular flexibility index (Phi) is 55.9. The SMILES string of the molecule is CC/C=C\C/C=C\C/C=C\C/C=C\CCCCCCC(=O)O[C@H](COC(=O)CCC/C=C\C/C=C\C/C=C\C/C=C\CCCCC)COC(=O)CCCCCCCCCCCCCCCCCCCCC. The smallest absolute Gasteiger partial charge is 0.306 e. The van der Waals surface area contributed by atoms with Crippen molar-refractivity contribution in [1.29, 1.82) is 0 Å². The first-order valence-electron chi connectivity index (χ1n) is 29.7. The highest BCUT2D eigenvalue weighted by molar-refractivity contribution is 5.71. The number of allylic oxidation sites excluding steroid dienone is 16. The molecule has 0 saturated carbocycles. The molecule has 0 rings (SSSR count). The molecule has 0 fully saturated rings. The van der Waals surface area contributed by atoms with Crippen molar-refractivity contribution < 1.29 is 28.6 Å². The van der Waals surface area contributed by atoms with Gasteiger partial charge in [-0.05, 0) is 96.3 Å². The number of rotatable bonds is 53. The fourth-order valence-corrected chi connectivity index (χ4v) is 8.13. The Balaban J connectivity index is 4.48. The van der Waals surface area contributed by atoms with Crippen LogP contribution in [0.1, 0.15) is 278 Å². The summed E-state index contributed by atoms with van der Waals surface area (Å²) in [5, 5.41) is 0. The number of carbonyl (C=O) groups is 3. The largest absolute Gasteiger partial charge is 0.462 e. The Morgan fingerprint density at radius 2 is 0.563 bits per heavy atom. The zero-order chi connectivity index (χ0) is 51.4. The summed E-state index contributed by atoms with van der Waals surface area (Å²) in [6.07, 6.45) is 78.3. The molecule has 0 amide bonds. The Labute approximate surface area is 438 Å². The van der Waals surface area contributed by atoms with Gasteiger partial charge in [-0.1, -0.05) is 259 Å². The van der Waals surface area contributed by atoms with Crippen LogP contribution in [0.4, 0.5) is 0 Å². The molecular weight excluding hydrogens is 877 g/mol. The predicted octanol–water partition coefficient (Wildman–Crippen LogP) is 20.1. The van der Waals surface area contributed by atoms with Gasteiger partial charge in [-0.25, -0.2) is 0 Å². The van der Waals surface area contributed by atoms with Crippen LogP contribution in [0, 0.1) is 0 Å². The average molecular weight is 988 g/mol. The van der Waals surface area contributed by atoms with Crippen LogP contribution in [0.15, 0.2) is 97.2 Å². The normalized spacial score (nSPS) is 12.8. The molecule has 0 aromatic heterocycles. The summed E-state index contributed by atoms with van der Waals surface area (Å²) in [4.78, 5) is 38.2. The number of unbranched alkanes of at least 4 members (excludes halogenated alkanes) is 26. The Hall–Kier alpha value is -3.67. The monoisotopic (exact) mass is 987 g/mol. The molecule has 1 atom stereocenters. The fourth-order valence-electron chi connectivity index (χ4n) is 8.13. The van der Waals surface area contributed by atoms with Crippen LogP contribution in [-0.4, -0.2) is 37.2 Å². The van der Waals surface area contributed by atoms with Gasteiger partial charge < -0.3 is 14.2 Å². The quantitative estimate of drug-likeness (QED) is 0.0261. The van der Waals surface area contributed by atoms with Gasteiger partial charge in [0.05, 0.1) is 0 Å². The number of carbonyl (C=O) groups excluding carboxylic acids is 3. The molecule has 0 N–H and O–H groups in total. The van der Waals surface area contributed by atoms with Crippen molar-refractivity contribution in [2.75, 3.05) is 13.2 Å². The van der Waals surface area contributed by atoms with E-state index in [-0.39, 0.29) is 44.0 Å². The van der Waals surface area contributed by atoms with Crippen LogP contribution in [0.2, 0.25) is 0 Å². The van der Waals surface area contributed by atoms with E-state index in [0.29, 0.717) is 12.8 Å². The van der Waals surface area contributed by atoms with Crippen LogP contribution < -0.4 is 0 Å². The average Bonchev–Trinajstić information content (AvgIpc) is 3.37. The standard InChI is InChI=1S/C65H110O6/c1-4-7-10-13-16-19-22-25-28-31-32-35-37-40-43-46-49-52-55-58-64(67)70-61-62(71-65(68)59-56-53-50-47-44-41-38-34-30-27-24-21-18-15-12-9-6-3)60-69-63(66)57-54-51-48-45-42-39-36-33-29-26-23-20-17-14-11-8-5-2/h9,12,17-18,20-21,26-27,29-30,36,38-39,41,45,48,62H,4-8,10-11,13-16,19,22-25,28,31-35,37,40,42-44,46-47,49-61H2,1-3H3/b12-9-,20-17-,21-18-,29-26-,30-27-,39-36-,41-38-,48-45-/t62-/m1/s1. The van der Waals surface area contributed by atoms with E-state index in [0.717, 1.165) is 103 Å². The van der Waals surface area contributed by atoms with Crippen molar-refractivity contribution in [3.8, 4) is 0 Å². The van der Waals surface area contributed by atoms with E-state index in [2.05, 4.69) is 118 Å². The molecule has 0 aliphatic rings. The maximum Gasteiger partial charge on any atom is 0.306 e. The highest BCUT2D eigenvalue weighted by atomic mass is 16.6. The van der Waals surface area contributed by atoms with Gasteiger partial charge in [-0.2, -0.15) is 0 Å². The Morgan fingerprint density at radius 1 is 0.296 bits per heavy atom. The van der Waals surface area contributed by atoms with E-state index in [1.807, 2.05) is 0 Å². The molecule has 0 aliphatic carbocycles. The molecule has 0 heterocycles. The van der Waals surface area contributed by atoms with Gasteiger partial charge in [0.2, 0.25) is 0 Å². The van der Waals surface area contributed by atoms with Crippen molar-refractivity contribution >= 4 is 17.9 Å². The van der Waals surface area contributed by atoms with Crippen molar-refractivity contribution in [3.63, 3.8) is 0 Å². The van der Waals surface area contributed by atoms with Crippen molar-refractivity contribution in [3.05, 3.63) is 97.2 Å². The Bertz CT molecular complexity index is 1410. The molecule has 0 aliphatic heterocycles. The summed E-state index contributed by atoms with van der Waals surface area (Å²) in [6.45, 7) is 6.45. The second-order valence-corrected chi connectivity index (χ2v) is 19.5. The van der Waals surface area contributed by atoms with Crippen LogP contribution in [0.3, 0.4) is 0 Å². The van der Waals surface area contributed by atoms with E-state index in [1.54, 1.807) is 0 Å². The van der Waals surface area contributed by atoms with Crippen LogP contribution in [0.5, 0.6) is 0 Å². The van der Waals surface area contributed by atoms with Gasteiger partial charge >= 0.3 is 17.9 Å². The van der Waals surface area contributed by atoms with Crippen molar-refractivity contribution in [1.82, 2.24) is 0 Å². The molecule has 0 unspecified atom stereocenters. The minimum absolute atomic E-state index is 0.103. The summed E-state index contributed by atoms with van der Waals surface area (Å²) in [5.74, 6) is -0.979. The third-order valence-corrected chi connectivity index (χ3v) is 12.6. The van der Waals surface area contributed by atoms with Gasteiger partial charge in [0.25, 0.3) is 0 Å². The molecule has 0 saturated heterocycles. The van der Waals surface area contributed by atoms with E-state index >= 15 is 0 Å². The van der Waals surface area contributed by atoms with E-state index in [1.165, 1.54) is 128 Å². The van der Waals surface area contributed by atoms with E-state index in [4.69, 9.17) is 14.2 Å². The minimum Gasteiger partial charge on any atom is -0.462 e. The molecule has 0 aromatic carbocycles. The third-order valence-electron chi connectivity index (χ3n) is 12.6. The lowest BCUT2D eigenvalue weighted by Gasteiger charge is -2.18. The minimum atomic E-state index is -0.813. The van der Waals surface area contributed by atoms with Crippen molar-refractivity contribution in [2.24, 2.45) is 0 Å². The zero-order valence-electron chi connectivity index (χ0n) is 46.5. The first-order valence-corrected chi connectivity index (χ1v) is 29.7. The molecule has 6 heteroatoms. The molecule has 71 heavy (non-hydrogen) atoms. The highest BCUT2D eigenvalue weighted by Gasteiger charge is 2.19. The maximum atomic E-state index is 12.9. The maximum absolute atomic E-state index is 12.9. The van der Waals surface area contributed by atoms with Gasteiger partial charge in [-0.3, -0.25) is 14.4 Å². The predicted molar refractivity (Wildman–Crippen MR) is 307 cm³/mol. The molecule has 0 radical (unpaired) electrons. The lowest BCUT2D eigenvalue weighted by molar-refractivity contribution is -0.167. The summed E-state index contributed by atoms with van der Waals surface area (Å²) >= 11 is 0. The summed E-state index contributed by atoms with van der Waals surface area (Å²) in [5.41, 5.74) is 0. The van der Waals surface area contributed by atoms with Crippen LogP contribution in [0.25, 0.3) is 0 Å². The van der Waals surface area contributed by atoms with E-state index < -0.39 is 6.10 Å². The van der Waals surface area contributed by atoms with Crippen molar-refractivity contribution in [2.45, 2.75) is 284 Å². The highest BCUT2D eigenvalue weighted by Crippen LogP contribution is 2.16. The second kappa shape index (κ2) is 58.9. The summed E-state index contributed by atoms with van der Waals surface area (Å²) in [6, 6.07) is 0. The summed E-state index contributed by atoms with van der Waals surface area (Å²) in [7, 11) is 0. The first-order chi connectivity index (χ1) is 35.0. The second-order valence-electron chi connectivity index (χ2n) is 19.5. The molecular formula is C65H110O6. The third kappa shape index (κ3) is 57.1. The van der Waals surface area contributed by atoms with Crippen LogP contribution in [-0.2, 0) is 28.6 Å². The molecule has 0 bridgehead atoms. The number of hydrogen-bond donors (Lipinski definition) is 0.